The van der Waals surface area contributed by atoms with E-state index in [1.54, 1.807) is 36.4 Å². The van der Waals surface area contributed by atoms with Crippen LogP contribution in [0, 0.1) is 17.8 Å². The maximum absolute atomic E-state index is 13.4. The number of aliphatic hydroxyl groups is 2. The molecule has 0 saturated carbocycles. The molecule has 2 amide bonds. The van der Waals surface area contributed by atoms with E-state index in [4.69, 9.17) is 0 Å². The van der Waals surface area contributed by atoms with E-state index in [-0.39, 0.29) is 24.2 Å². The van der Waals surface area contributed by atoms with E-state index in [0.29, 0.717) is 30.5 Å². The summed E-state index contributed by atoms with van der Waals surface area (Å²) >= 11 is 0. The summed E-state index contributed by atoms with van der Waals surface area (Å²) in [7, 11) is 0. The van der Waals surface area contributed by atoms with Crippen LogP contribution in [0.15, 0.2) is 71.3 Å². The number of allylic oxidation sites excluding steroid dienone is 2. The number of imide groups is 1. The molecule has 1 aliphatic heterocycles. The number of aromatic hydroxyl groups is 1. The Morgan fingerprint density at radius 1 is 1.09 bits per heavy atom. The van der Waals surface area contributed by atoms with Gasteiger partial charge >= 0.3 is 0 Å². The lowest BCUT2D eigenvalue weighted by Gasteiger charge is -2.35. The van der Waals surface area contributed by atoms with Crippen molar-refractivity contribution in [1.82, 2.24) is 0 Å². The van der Waals surface area contributed by atoms with Crippen molar-refractivity contribution in [2.75, 3.05) is 11.5 Å². The predicted molar refractivity (Wildman–Crippen MR) is 131 cm³/mol. The van der Waals surface area contributed by atoms with Gasteiger partial charge in [-0.1, -0.05) is 47.6 Å². The maximum Gasteiger partial charge on any atom is 0.238 e. The fourth-order valence-corrected chi connectivity index (χ4v) is 5.40. The molecule has 1 heterocycles. The first-order valence-electron chi connectivity index (χ1n) is 11.7. The van der Waals surface area contributed by atoms with Gasteiger partial charge in [0.1, 0.15) is 5.75 Å². The number of hydrogen-bond donors (Lipinski definition) is 3. The molecule has 3 N–H and O–H groups in total. The van der Waals surface area contributed by atoms with Gasteiger partial charge in [0.2, 0.25) is 11.8 Å². The summed E-state index contributed by atoms with van der Waals surface area (Å²) in [5, 5.41) is 30.8. The van der Waals surface area contributed by atoms with Gasteiger partial charge in [0.05, 0.1) is 30.2 Å². The van der Waals surface area contributed by atoms with Crippen molar-refractivity contribution >= 4 is 23.6 Å². The molecule has 2 aliphatic rings. The zero-order chi connectivity index (χ0) is 24.4. The van der Waals surface area contributed by atoms with Gasteiger partial charge in [-0.25, -0.2) is 0 Å². The van der Waals surface area contributed by atoms with Crippen LogP contribution >= 0.6 is 0 Å². The number of rotatable bonds is 7. The Bertz CT molecular complexity index is 1120. The Morgan fingerprint density at radius 2 is 1.76 bits per heavy atom. The summed E-state index contributed by atoms with van der Waals surface area (Å²) in [5.74, 6) is -2.10. The number of aliphatic hydroxyl groups excluding tert-OH is 2. The van der Waals surface area contributed by atoms with E-state index < -0.39 is 23.9 Å². The predicted octanol–water partition coefficient (Wildman–Crippen LogP) is 4.07. The van der Waals surface area contributed by atoms with Crippen LogP contribution in [-0.2, 0) is 9.59 Å². The average molecular weight is 462 g/mol. The van der Waals surface area contributed by atoms with Crippen LogP contribution in [0.2, 0.25) is 0 Å². The molecule has 0 unspecified atom stereocenters. The Labute approximate surface area is 199 Å². The minimum Gasteiger partial charge on any atom is -0.508 e. The van der Waals surface area contributed by atoms with Crippen LogP contribution in [0.25, 0.3) is 6.08 Å². The number of benzene rings is 2. The van der Waals surface area contributed by atoms with E-state index in [1.807, 2.05) is 38.1 Å². The molecule has 2 aromatic rings. The summed E-state index contributed by atoms with van der Waals surface area (Å²) in [6.45, 7) is 3.58. The minimum absolute atomic E-state index is 0.212. The largest absolute Gasteiger partial charge is 0.508 e. The monoisotopic (exact) mass is 461 g/mol. The second-order valence-corrected chi connectivity index (χ2v) is 9.35. The lowest BCUT2D eigenvalue weighted by molar-refractivity contribution is -0.123. The first-order chi connectivity index (χ1) is 16.3. The van der Waals surface area contributed by atoms with Crippen molar-refractivity contribution < 1.29 is 24.9 Å². The number of hydrogen-bond acceptors (Lipinski definition) is 5. The fraction of sp³-hybridized carbons (Fsp3) is 0.357. The molecular weight excluding hydrogens is 430 g/mol. The molecule has 6 heteroatoms. The Kier molecular flexibility index (Phi) is 7.00. The van der Waals surface area contributed by atoms with Gasteiger partial charge in [0, 0.05) is 5.92 Å². The molecule has 0 aromatic heterocycles. The standard InChI is InChI=1S/C28H31NO5/c1-17(14-19-9-11-21(31)12-10-19)8-13-24(32)25-18(2)15-22-26(23(25)16-30)28(34)29(27(22)33)20-6-4-3-5-7-20/h3-7,9-12,14,22-24,26,30-32H,8,13,15-16H2,1-2H3/b17-14+/t22-,23+,24-,26-/m1/s1. The number of carbonyl (C=O) groups is 2. The Hall–Kier alpha value is -3.22. The topological polar surface area (TPSA) is 98.1 Å². The summed E-state index contributed by atoms with van der Waals surface area (Å²) in [6, 6.07) is 15.8. The number of amides is 2. The maximum atomic E-state index is 13.4. The Balaban J connectivity index is 1.52. The SMILES string of the molecule is CC1=C([C@H](O)CC/C(C)=C/c2ccc(O)cc2)[C@H](CO)[C@@H]2C(=O)N(c3ccccc3)C(=O)[C@@H]2C1. The van der Waals surface area contributed by atoms with Crippen LogP contribution in [0.4, 0.5) is 5.69 Å². The molecule has 0 spiro atoms. The molecule has 4 rings (SSSR count). The van der Waals surface area contributed by atoms with Crippen LogP contribution in [-0.4, -0.2) is 39.8 Å². The highest BCUT2D eigenvalue weighted by Crippen LogP contribution is 2.47. The van der Waals surface area contributed by atoms with Gasteiger partial charge in [-0.2, -0.15) is 0 Å². The third-order valence-electron chi connectivity index (χ3n) is 7.02. The molecule has 178 valence electrons. The van der Waals surface area contributed by atoms with Crippen LogP contribution in [0.5, 0.6) is 5.75 Å². The second kappa shape index (κ2) is 9.95. The van der Waals surface area contributed by atoms with Crippen molar-refractivity contribution in [2.24, 2.45) is 17.8 Å². The third kappa shape index (κ3) is 4.56. The van der Waals surface area contributed by atoms with Crippen molar-refractivity contribution in [3.8, 4) is 5.75 Å². The van der Waals surface area contributed by atoms with Crippen molar-refractivity contribution in [2.45, 2.75) is 39.2 Å². The van der Waals surface area contributed by atoms with Crippen molar-refractivity contribution in [3.63, 3.8) is 0 Å². The van der Waals surface area contributed by atoms with Crippen molar-refractivity contribution in [1.29, 1.82) is 0 Å². The quantitative estimate of drug-likeness (QED) is 0.427. The molecule has 2 aromatic carbocycles. The van der Waals surface area contributed by atoms with Crippen LogP contribution in [0.3, 0.4) is 0 Å². The van der Waals surface area contributed by atoms with E-state index in [0.717, 1.165) is 16.7 Å². The van der Waals surface area contributed by atoms with Crippen LogP contribution < -0.4 is 4.90 Å². The van der Waals surface area contributed by atoms with E-state index in [2.05, 4.69) is 0 Å². The molecule has 1 aliphatic carbocycles. The molecule has 34 heavy (non-hydrogen) atoms. The highest BCUT2D eigenvalue weighted by atomic mass is 16.3. The van der Waals surface area contributed by atoms with Gasteiger partial charge in [-0.05, 0) is 68.5 Å². The molecule has 1 fully saturated rings. The summed E-state index contributed by atoms with van der Waals surface area (Å²) in [4.78, 5) is 27.8. The van der Waals surface area contributed by atoms with E-state index in [1.165, 1.54) is 4.90 Å². The summed E-state index contributed by atoms with van der Waals surface area (Å²) in [5.41, 5.74) is 4.14. The average Bonchev–Trinajstić information content (AvgIpc) is 3.08. The first kappa shape index (κ1) is 23.9. The number of anilines is 1. The highest BCUT2D eigenvalue weighted by molar-refractivity contribution is 6.22. The zero-order valence-corrected chi connectivity index (χ0v) is 19.5. The molecular formula is C28H31NO5. The molecule has 6 nitrogen and oxygen atoms in total. The number of nitrogens with zero attached hydrogens (tertiary/aromatic N) is 1. The van der Waals surface area contributed by atoms with Crippen LogP contribution in [0.1, 0.15) is 38.7 Å². The normalized spacial score (nSPS) is 23.9. The zero-order valence-electron chi connectivity index (χ0n) is 19.5. The summed E-state index contributed by atoms with van der Waals surface area (Å²) in [6.07, 6.45) is 2.68. The number of fused-ring (bicyclic) bond motifs is 1. The smallest absolute Gasteiger partial charge is 0.238 e. The molecule has 0 bridgehead atoms. The fourth-order valence-electron chi connectivity index (χ4n) is 5.40. The van der Waals surface area contributed by atoms with E-state index >= 15 is 0 Å². The lowest BCUT2D eigenvalue weighted by atomic mass is 9.68. The molecule has 1 saturated heterocycles. The Morgan fingerprint density at radius 3 is 2.41 bits per heavy atom. The third-order valence-corrected chi connectivity index (χ3v) is 7.02. The number of phenols is 1. The van der Waals surface area contributed by atoms with Gasteiger partial charge in [0.25, 0.3) is 0 Å². The first-order valence-corrected chi connectivity index (χ1v) is 11.7. The number of para-hydroxylation sites is 1. The summed E-state index contributed by atoms with van der Waals surface area (Å²) < 4.78 is 0. The van der Waals surface area contributed by atoms with Gasteiger partial charge < -0.3 is 15.3 Å². The molecule has 4 atom stereocenters. The van der Waals surface area contributed by atoms with Crippen molar-refractivity contribution in [3.05, 3.63) is 76.9 Å². The van der Waals surface area contributed by atoms with Gasteiger partial charge in [-0.15, -0.1) is 0 Å². The van der Waals surface area contributed by atoms with E-state index in [9.17, 15) is 24.9 Å². The number of carbonyl (C=O) groups excluding carboxylic acids is 2. The molecule has 0 radical (unpaired) electrons. The lowest BCUT2D eigenvalue weighted by Crippen LogP contribution is -2.38. The highest BCUT2D eigenvalue weighted by Gasteiger charge is 2.54. The van der Waals surface area contributed by atoms with Gasteiger partial charge in [-0.3, -0.25) is 14.5 Å². The second-order valence-electron chi connectivity index (χ2n) is 9.35. The van der Waals surface area contributed by atoms with Gasteiger partial charge in [0.15, 0.2) is 0 Å². The minimum atomic E-state index is -0.810. The number of phenolic OH excluding ortho intramolecular Hbond substituents is 1.